The number of nitrogens with zero attached hydrogens (tertiary/aromatic N) is 5. The molecule has 0 saturated carbocycles. The Morgan fingerprint density at radius 2 is 1.97 bits per heavy atom. The lowest BCUT2D eigenvalue weighted by atomic mass is 10.00. The van der Waals surface area contributed by atoms with E-state index in [-0.39, 0.29) is 0 Å². The number of rotatable bonds is 7. The summed E-state index contributed by atoms with van der Waals surface area (Å²) in [6.45, 7) is 9.26. The summed E-state index contributed by atoms with van der Waals surface area (Å²) in [5, 5.41) is 22.2. The fourth-order valence-corrected chi connectivity index (χ4v) is 3.83. The quantitative estimate of drug-likeness (QED) is 0.443. The molecule has 1 aromatic heterocycles. The van der Waals surface area contributed by atoms with Crippen molar-refractivity contribution < 1.29 is 5.11 Å². The first-order valence-corrected chi connectivity index (χ1v) is 11.1. The van der Waals surface area contributed by atoms with E-state index in [9.17, 15) is 5.11 Å². The van der Waals surface area contributed by atoms with Crippen molar-refractivity contribution in [1.82, 2.24) is 25.3 Å². The van der Waals surface area contributed by atoms with E-state index >= 15 is 0 Å². The van der Waals surface area contributed by atoms with Crippen molar-refractivity contribution in [3.63, 3.8) is 0 Å². The second-order valence-electron chi connectivity index (χ2n) is 8.25. The van der Waals surface area contributed by atoms with E-state index in [1.807, 2.05) is 32.3 Å². The average molecular weight is 448 g/mol. The topological polar surface area (TPSA) is 81.0 Å². The molecule has 31 heavy (non-hydrogen) atoms. The minimum Gasteiger partial charge on any atom is -0.383 e. The molecule has 3 N–H and O–H groups in total. The van der Waals surface area contributed by atoms with E-state index in [0.29, 0.717) is 25.6 Å². The number of guanidine groups is 1. The highest BCUT2D eigenvalue weighted by Crippen LogP contribution is 2.29. The average Bonchev–Trinajstić information content (AvgIpc) is 3.19. The summed E-state index contributed by atoms with van der Waals surface area (Å²) >= 11 is 6.57. The molecule has 1 aromatic carbocycles. The van der Waals surface area contributed by atoms with Crippen molar-refractivity contribution in [3.8, 4) is 0 Å². The monoisotopic (exact) mass is 447 g/mol. The van der Waals surface area contributed by atoms with E-state index < -0.39 is 5.60 Å². The number of piperazine rings is 1. The summed E-state index contributed by atoms with van der Waals surface area (Å²) in [6.07, 6.45) is 3.50. The van der Waals surface area contributed by atoms with Crippen molar-refractivity contribution in [2.45, 2.75) is 26.0 Å². The number of nitrogens with one attached hydrogen (secondary N) is 2. The van der Waals surface area contributed by atoms with Gasteiger partial charge in [-0.25, -0.2) is 4.99 Å². The first-order valence-electron chi connectivity index (χ1n) is 10.7. The molecular formula is C22H34ClN7O. The van der Waals surface area contributed by atoms with Gasteiger partial charge in [-0.2, -0.15) is 5.10 Å². The second-order valence-corrected chi connectivity index (χ2v) is 8.66. The number of hydrogen-bond acceptors (Lipinski definition) is 5. The zero-order chi connectivity index (χ0) is 22.4. The smallest absolute Gasteiger partial charge is 0.191 e. The largest absolute Gasteiger partial charge is 0.383 e. The molecule has 170 valence electrons. The molecule has 3 rings (SSSR count). The van der Waals surface area contributed by atoms with Crippen molar-refractivity contribution in [2.75, 3.05) is 51.2 Å². The van der Waals surface area contributed by atoms with Crippen LogP contribution in [0.3, 0.4) is 0 Å². The van der Waals surface area contributed by atoms with Crippen molar-refractivity contribution >= 4 is 23.2 Å². The van der Waals surface area contributed by atoms with Crippen molar-refractivity contribution in [2.24, 2.45) is 12.0 Å². The Hall–Kier alpha value is -2.29. The number of halogens is 1. The number of aryl methyl sites for hydroxylation is 1. The molecule has 1 unspecified atom stereocenters. The van der Waals surface area contributed by atoms with Gasteiger partial charge in [-0.1, -0.05) is 17.7 Å². The summed E-state index contributed by atoms with van der Waals surface area (Å²) in [5.74, 6) is 0.635. The van der Waals surface area contributed by atoms with Crippen LogP contribution in [0.4, 0.5) is 5.69 Å². The number of likely N-dealkylation sites (N-methyl/N-ethyl adjacent to an activating group) is 1. The Kier molecular flexibility index (Phi) is 7.80. The number of aliphatic hydroxyl groups is 1. The zero-order valence-corrected chi connectivity index (χ0v) is 19.7. The summed E-state index contributed by atoms with van der Waals surface area (Å²) < 4.78 is 1.68. The van der Waals surface area contributed by atoms with E-state index in [1.165, 1.54) is 0 Å². The number of anilines is 1. The fraction of sp³-hybridized carbons (Fsp3) is 0.545. The number of aliphatic imine (C=N–C) groups is 1. The van der Waals surface area contributed by atoms with Gasteiger partial charge in [0.1, 0.15) is 5.60 Å². The first kappa shape index (κ1) is 23.4. The molecule has 0 bridgehead atoms. The first-order chi connectivity index (χ1) is 14.8. The number of hydrogen-bond donors (Lipinski definition) is 3. The van der Waals surface area contributed by atoms with E-state index in [2.05, 4.69) is 38.6 Å². The Balaban J connectivity index is 1.73. The van der Waals surface area contributed by atoms with Crippen LogP contribution in [0.1, 0.15) is 25.0 Å². The molecule has 1 saturated heterocycles. The predicted octanol–water partition coefficient (Wildman–Crippen LogP) is 1.79. The third kappa shape index (κ3) is 6.12. The van der Waals surface area contributed by atoms with Gasteiger partial charge in [-0.05, 0) is 33.0 Å². The number of benzene rings is 1. The minimum atomic E-state index is -1.07. The highest BCUT2D eigenvalue weighted by molar-refractivity contribution is 6.31. The molecule has 0 spiro atoms. The molecule has 0 amide bonds. The Morgan fingerprint density at radius 3 is 2.61 bits per heavy atom. The molecule has 2 heterocycles. The molecule has 1 aliphatic heterocycles. The van der Waals surface area contributed by atoms with Crippen LogP contribution in [-0.2, 0) is 19.2 Å². The Labute approximate surface area is 189 Å². The van der Waals surface area contributed by atoms with Crippen LogP contribution in [0.5, 0.6) is 0 Å². The Morgan fingerprint density at radius 1 is 1.23 bits per heavy atom. The normalized spacial score (nSPS) is 17.5. The third-order valence-corrected chi connectivity index (χ3v) is 5.96. The second kappa shape index (κ2) is 10.3. The molecule has 0 aliphatic carbocycles. The van der Waals surface area contributed by atoms with Gasteiger partial charge in [0.05, 0.1) is 19.3 Å². The molecule has 1 fully saturated rings. The van der Waals surface area contributed by atoms with Crippen LogP contribution in [0.25, 0.3) is 0 Å². The molecule has 8 nitrogen and oxygen atoms in total. The molecule has 1 atom stereocenters. The van der Waals surface area contributed by atoms with Crippen LogP contribution in [0.15, 0.2) is 35.6 Å². The lowest BCUT2D eigenvalue weighted by Gasteiger charge is -2.35. The number of aromatic nitrogens is 2. The lowest BCUT2D eigenvalue weighted by molar-refractivity contribution is 0.0616. The van der Waals surface area contributed by atoms with Crippen molar-refractivity contribution in [3.05, 3.63) is 46.7 Å². The maximum atomic E-state index is 10.9. The van der Waals surface area contributed by atoms with Crippen LogP contribution in [0.2, 0.25) is 5.02 Å². The van der Waals surface area contributed by atoms with Gasteiger partial charge in [0.15, 0.2) is 5.96 Å². The Bertz CT molecular complexity index is 888. The van der Waals surface area contributed by atoms with Crippen LogP contribution < -0.4 is 15.5 Å². The molecule has 2 aromatic rings. The molecule has 9 heteroatoms. The van der Waals surface area contributed by atoms with Crippen LogP contribution in [0, 0.1) is 0 Å². The third-order valence-electron chi connectivity index (χ3n) is 5.60. The highest BCUT2D eigenvalue weighted by Gasteiger charge is 2.25. The van der Waals surface area contributed by atoms with Gasteiger partial charge in [0.2, 0.25) is 0 Å². The predicted molar refractivity (Wildman–Crippen MR) is 127 cm³/mol. The summed E-state index contributed by atoms with van der Waals surface area (Å²) in [4.78, 5) is 9.47. The molecular weight excluding hydrogens is 414 g/mol. The van der Waals surface area contributed by atoms with E-state index in [1.54, 1.807) is 17.8 Å². The van der Waals surface area contributed by atoms with Gasteiger partial charge in [-0.15, -0.1) is 0 Å². The van der Waals surface area contributed by atoms with E-state index in [4.69, 9.17) is 16.6 Å². The van der Waals surface area contributed by atoms with E-state index in [0.717, 1.165) is 48.0 Å². The SMILES string of the molecule is CCNC(=NCc1c(Cl)cccc1N1CCN(C)CC1)NCC(C)(O)c1cnn(C)c1. The maximum absolute atomic E-state index is 10.9. The van der Waals surface area contributed by atoms with Gasteiger partial charge in [0, 0.05) is 67.8 Å². The van der Waals surface area contributed by atoms with Gasteiger partial charge in [0.25, 0.3) is 0 Å². The summed E-state index contributed by atoms with van der Waals surface area (Å²) in [6, 6.07) is 6.03. The lowest BCUT2D eigenvalue weighted by Crippen LogP contribution is -2.45. The fourth-order valence-electron chi connectivity index (χ4n) is 3.60. The summed E-state index contributed by atoms with van der Waals surface area (Å²) in [7, 11) is 3.98. The molecule has 0 radical (unpaired) electrons. The zero-order valence-electron chi connectivity index (χ0n) is 18.9. The van der Waals surface area contributed by atoms with Crippen molar-refractivity contribution in [1.29, 1.82) is 0 Å². The molecule has 1 aliphatic rings. The minimum absolute atomic E-state index is 0.304. The van der Waals surface area contributed by atoms with Gasteiger partial charge >= 0.3 is 0 Å². The van der Waals surface area contributed by atoms with Crippen LogP contribution >= 0.6 is 11.6 Å². The highest BCUT2D eigenvalue weighted by atomic mass is 35.5. The van der Waals surface area contributed by atoms with Crippen LogP contribution in [-0.4, -0.2) is 72.1 Å². The maximum Gasteiger partial charge on any atom is 0.191 e. The van der Waals surface area contributed by atoms with Gasteiger partial charge < -0.3 is 25.5 Å². The van der Waals surface area contributed by atoms with Gasteiger partial charge in [-0.3, -0.25) is 4.68 Å². The summed E-state index contributed by atoms with van der Waals surface area (Å²) in [5.41, 5.74) is 1.84. The standard InChI is InChI=1S/C22H34ClN7O/c1-5-24-21(26-16-22(2,31)17-13-27-29(4)15-17)25-14-18-19(23)7-6-8-20(18)30-11-9-28(3)10-12-30/h6-8,13,15,31H,5,9-12,14,16H2,1-4H3,(H2,24,25,26).